The largest absolute Gasteiger partial charge is 0.494 e. The number of halogens is 2. The molecule has 0 unspecified atom stereocenters. The summed E-state index contributed by atoms with van der Waals surface area (Å²) in [6, 6.07) is 6.64. The zero-order valence-corrected chi connectivity index (χ0v) is 20.3. The van der Waals surface area contributed by atoms with E-state index in [2.05, 4.69) is 24.3 Å². The third kappa shape index (κ3) is 6.76. The van der Waals surface area contributed by atoms with E-state index < -0.39 is 17.5 Å². The SMILES string of the molecule is CC.CCC.COc1cc2nn(C3CCCCC3)cc2cc1NC(=O)c1cc(F)ccc1F. The van der Waals surface area contributed by atoms with Crippen LogP contribution in [0.2, 0.25) is 0 Å². The van der Waals surface area contributed by atoms with Gasteiger partial charge in [0.1, 0.15) is 17.4 Å². The third-order valence-electron chi connectivity index (χ3n) is 5.21. The third-order valence-corrected chi connectivity index (χ3v) is 5.21. The van der Waals surface area contributed by atoms with Crippen LogP contribution in [0, 0.1) is 11.6 Å². The maximum absolute atomic E-state index is 13.9. The second-order valence-corrected chi connectivity index (χ2v) is 7.80. The highest BCUT2D eigenvalue weighted by Gasteiger charge is 2.19. The summed E-state index contributed by atoms with van der Waals surface area (Å²) in [6.07, 6.45) is 9.08. The Morgan fingerprint density at radius 3 is 2.42 bits per heavy atom. The number of anilines is 1. The van der Waals surface area contributed by atoms with Gasteiger partial charge in [-0.2, -0.15) is 5.10 Å². The molecule has 4 rings (SSSR count). The molecule has 180 valence electrons. The normalized spacial score (nSPS) is 13.4. The molecule has 1 amide bonds. The number of nitrogens with zero attached hydrogens (tertiary/aromatic N) is 2. The van der Waals surface area contributed by atoms with E-state index in [0.717, 1.165) is 41.9 Å². The van der Waals surface area contributed by atoms with E-state index in [1.165, 1.54) is 32.8 Å². The monoisotopic (exact) mass is 459 g/mol. The first-order chi connectivity index (χ1) is 16.0. The molecule has 33 heavy (non-hydrogen) atoms. The van der Waals surface area contributed by atoms with Crippen LogP contribution < -0.4 is 10.1 Å². The van der Waals surface area contributed by atoms with Crippen molar-refractivity contribution >= 4 is 22.5 Å². The van der Waals surface area contributed by atoms with Crippen LogP contribution in [0.1, 0.15) is 82.6 Å². The first-order valence-corrected chi connectivity index (χ1v) is 11.8. The fraction of sp³-hybridized carbons (Fsp3) is 0.462. The van der Waals surface area contributed by atoms with Gasteiger partial charge in [0.15, 0.2) is 0 Å². The maximum Gasteiger partial charge on any atom is 0.258 e. The van der Waals surface area contributed by atoms with Crippen molar-refractivity contribution in [3.63, 3.8) is 0 Å². The van der Waals surface area contributed by atoms with Crippen LogP contribution in [0.5, 0.6) is 5.75 Å². The average Bonchev–Trinajstić information content (AvgIpc) is 3.25. The van der Waals surface area contributed by atoms with E-state index in [-0.39, 0.29) is 5.56 Å². The molecule has 0 bridgehead atoms. The Kier molecular flexibility index (Phi) is 10.3. The van der Waals surface area contributed by atoms with Gasteiger partial charge < -0.3 is 10.1 Å². The predicted molar refractivity (Wildman–Crippen MR) is 130 cm³/mol. The predicted octanol–water partition coefficient (Wildman–Crippen LogP) is 7.52. The van der Waals surface area contributed by atoms with Crippen molar-refractivity contribution < 1.29 is 18.3 Å². The van der Waals surface area contributed by atoms with Gasteiger partial charge in [0.25, 0.3) is 5.91 Å². The molecule has 7 heteroatoms. The van der Waals surface area contributed by atoms with Gasteiger partial charge in [-0.25, -0.2) is 8.78 Å². The van der Waals surface area contributed by atoms with Crippen molar-refractivity contribution in [2.75, 3.05) is 12.4 Å². The number of aromatic nitrogens is 2. The number of benzene rings is 2. The summed E-state index contributed by atoms with van der Waals surface area (Å²) in [4.78, 5) is 12.4. The van der Waals surface area contributed by atoms with Gasteiger partial charge >= 0.3 is 0 Å². The smallest absolute Gasteiger partial charge is 0.258 e. The van der Waals surface area contributed by atoms with E-state index in [1.807, 2.05) is 24.7 Å². The van der Waals surface area contributed by atoms with E-state index >= 15 is 0 Å². The van der Waals surface area contributed by atoms with Gasteiger partial charge in [-0.05, 0) is 37.1 Å². The summed E-state index contributed by atoms with van der Waals surface area (Å²) < 4.78 is 34.6. The van der Waals surface area contributed by atoms with Crippen LogP contribution >= 0.6 is 0 Å². The minimum atomic E-state index is -0.788. The molecule has 3 aromatic rings. The average molecular weight is 460 g/mol. The second kappa shape index (κ2) is 12.9. The Hall–Kier alpha value is -2.96. The molecule has 1 aromatic heterocycles. The fourth-order valence-electron chi connectivity index (χ4n) is 3.73. The number of fused-ring (bicyclic) bond motifs is 1. The Labute approximate surface area is 195 Å². The van der Waals surface area contributed by atoms with Crippen molar-refractivity contribution in [3.8, 4) is 5.75 Å². The minimum Gasteiger partial charge on any atom is -0.494 e. The lowest BCUT2D eigenvalue weighted by molar-refractivity contribution is 0.102. The van der Waals surface area contributed by atoms with Crippen LogP contribution in [-0.2, 0) is 0 Å². The molecule has 0 radical (unpaired) electrons. The number of carbonyl (C=O) groups excluding carboxylic acids is 1. The van der Waals surface area contributed by atoms with Crippen LogP contribution in [0.15, 0.2) is 36.5 Å². The number of rotatable bonds is 4. The van der Waals surface area contributed by atoms with E-state index in [1.54, 1.807) is 12.1 Å². The van der Waals surface area contributed by atoms with Crippen LogP contribution in [0.25, 0.3) is 10.9 Å². The quantitative estimate of drug-likeness (QED) is 0.439. The number of hydrogen-bond acceptors (Lipinski definition) is 3. The fourth-order valence-corrected chi connectivity index (χ4v) is 3.73. The summed E-state index contributed by atoms with van der Waals surface area (Å²) in [5.41, 5.74) is 0.782. The summed E-state index contributed by atoms with van der Waals surface area (Å²) in [7, 11) is 1.48. The number of amides is 1. The van der Waals surface area contributed by atoms with E-state index in [4.69, 9.17) is 4.74 Å². The molecule has 1 N–H and O–H groups in total. The Morgan fingerprint density at radius 2 is 1.79 bits per heavy atom. The first-order valence-electron chi connectivity index (χ1n) is 11.8. The highest BCUT2D eigenvalue weighted by Crippen LogP contribution is 2.33. The second-order valence-electron chi connectivity index (χ2n) is 7.80. The first kappa shape index (κ1) is 26.3. The lowest BCUT2D eigenvalue weighted by Crippen LogP contribution is -2.14. The molecule has 0 atom stereocenters. The topological polar surface area (TPSA) is 56.1 Å². The molecular formula is C26H35F2N3O2. The highest BCUT2D eigenvalue weighted by molar-refractivity contribution is 6.06. The van der Waals surface area contributed by atoms with Gasteiger partial charge in [0.05, 0.1) is 29.9 Å². The number of ether oxygens (including phenoxy) is 1. The Bertz CT molecular complexity index is 1040. The lowest BCUT2D eigenvalue weighted by Gasteiger charge is -2.21. The van der Waals surface area contributed by atoms with Gasteiger partial charge in [0, 0.05) is 17.6 Å². The van der Waals surface area contributed by atoms with Gasteiger partial charge in [-0.15, -0.1) is 0 Å². The number of methoxy groups -OCH3 is 1. The molecule has 1 heterocycles. The number of carbonyl (C=O) groups is 1. The standard InChI is InChI=1S/C21H21F2N3O2.C3H8.C2H6/c1-28-20-11-18-13(12-26(25-18)15-5-3-2-4-6-15)9-19(20)24-21(27)16-10-14(22)7-8-17(16)23;1-3-2;1-2/h7-12,15H,2-6H2,1H3,(H,24,27);3H2,1-2H3;1-2H3. The zero-order valence-electron chi connectivity index (χ0n) is 20.3. The minimum absolute atomic E-state index is 0.361. The van der Waals surface area contributed by atoms with Crippen molar-refractivity contribution in [2.24, 2.45) is 0 Å². The molecule has 1 aliphatic rings. The van der Waals surface area contributed by atoms with E-state index in [0.29, 0.717) is 17.5 Å². The highest BCUT2D eigenvalue weighted by atomic mass is 19.1. The van der Waals surface area contributed by atoms with Crippen molar-refractivity contribution in [1.29, 1.82) is 0 Å². The molecule has 5 nitrogen and oxygen atoms in total. The van der Waals surface area contributed by atoms with Crippen LogP contribution in [-0.4, -0.2) is 22.8 Å². The molecule has 1 fully saturated rings. The zero-order chi connectivity index (χ0) is 24.4. The molecule has 0 saturated heterocycles. The summed E-state index contributed by atoms with van der Waals surface area (Å²) in [5, 5.41) is 8.13. The van der Waals surface area contributed by atoms with Crippen molar-refractivity contribution in [3.05, 3.63) is 53.7 Å². The molecule has 1 saturated carbocycles. The van der Waals surface area contributed by atoms with Gasteiger partial charge in [-0.1, -0.05) is 53.4 Å². The lowest BCUT2D eigenvalue weighted by atomic mass is 9.96. The van der Waals surface area contributed by atoms with Gasteiger partial charge in [-0.3, -0.25) is 9.48 Å². The molecule has 0 spiro atoms. The summed E-state index contributed by atoms with van der Waals surface area (Å²) in [6.45, 7) is 8.25. The van der Waals surface area contributed by atoms with Gasteiger partial charge in [0.2, 0.25) is 0 Å². The Balaban J connectivity index is 0.000000714. The van der Waals surface area contributed by atoms with Crippen LogP contribution in [0.3, 0.4) is 0 Å². The Morgan fingerprint density at radius 1 is 1.12 bits per heavy atom. The number of nitrogens with one attached hydrogen (secondary N) is 1. The van der Waals surface area contributed by atoms with Crippen molar-refractivity contribution in [2.45, 2.75) is 72.3 Å². The molecule has 1 aliphatic carbocycles. The molecule has 2 aromatic carbocycles. The molecule has 0 aliphatic heterocycles. The van der Waals surface area contributed by atoms with Crippen LogP contribution in [0.4, 0.5) is 14.5 Å². The summed E-state index contributed by atoms with van der Waals surface area (Å²) in [5.74, 6) is -1.80. The number of hydrogen-bond donors (Lipinski definition) is 1. The summed E-state index contributed by atoms with van der Waals surface area (Å²) >= 11 is 0. The molecular weight excluding hydrogens is 424 g/mol. The van der Waals surface area contributed by atoms with E-state index in [9.17, 15) is 13.6 Å². The van der Waals surface area contributed by atoms with Crippen molar-refractivity contribution in [1.82, 2.24) is 9.78 Å². The maximum atomic E-state index is 13.9.